The highest BCUT2D eigenvalue weighted by molar-refractivity contribution is 6.31. The lowest BCUT2D eigenvalue weighted by Crippen LogP contribution is -2.01. The molecule has 5 nitrogen and oxygen atoms in total. The number of halogens is 1. The minimum absolute atomic E-state index is 0.0139. The monoisotopic (exact) mass is 327 g/mol. The van der Waals surface area contributed by atoms with Gasteiger partial charge in [-0.25, -0.2) is 9.78 Å². The molecule has 0 atom stereocenters. The smallest absolute Gasteiger partial charge is 0.336 e. The van der Waals surface area contributed by atoms with Gasteiger partial charge in [-0.15, -0.1) is 0 Å². The first-order chi connectivity index (χ1) is 11.0. The third-order valence-electron chi connectivity index (χ3n) is 3.39. The van der Waals surface area contributed by atoms with Gasteiger partial charge < -0.3 is 10.2 Å². The molecule has 0 fully saturated rings. The Kier molecular flexibility index (Phi) is 3.72. The first kappa shape index (κ1) is 15.0. The van der Waals surface area contributed by atoms with Gasteiger partial charge in [0, 0.05) is 16.0 Å². The summed E-state index contributed by atoms with van der Waals surface area (Å²) in [4.78, 5) is 27.6. The third-order valence-corrected chi connectivity index (χ3v) is 3.62. The number of nitrogens with zero attached hydrogens (tertiary/aromatic N) is 1. The Morgan fingerprint density at radius 2 is 1.83 bits per heavy atom. The first-order valence-electron chi connectivity index (χ1n) is 6.63. The van der Waals surface area contributed by atoms with Crippen LogP contribution in [0.4, 0.5) is 0 Å². The van der Waals surface area contributed by atoms with Crippen molar-refractivity contribution in [2.75, 3.05) is 0 Å². The molecule has 0 spiro atoms. The Bertz CT molecular complexity index is 1000. The molecule has 2 aromatic carbocycles. The highest BCUT2D eigenvalue weighted by Gasteiger charge is 2.15. The van der Waals surface area contributed by atoms with Gasteiger partial charge in [0.1, 0.15) is 0 Å². The second kappa shape index (κ2) is 5.70. The molecule has 2 N–H and O–H groups in total. The van der Waals surface area contributed by atoms with E-state index in [1.165, 1.54) is 30.3 Å². The Balaban J connectivity index is 2.40. The fourth-order valence-electron chi connectivity index (χ4n) is 2.31. The van der Waals surface area contributed by atoms with Crippen LogP contribution >= 0.6 is 11.6 Å². The van der Waals surface area contributed by atoms with Crippen molar-refractivity contribution in [2.45, 2.75) is 0 Å². The predicted molar refractivity (Wildman–Crippen MR) is 87.1 cm³/mol. The van der Waals surface area contributed by atoms with Crippen LogP contribution in [-0.4, -0.2) is 21.2 Å². The number of hydrogen-bond acceptors (Lipinski definition) is 4. The molecule has 0 saturated heterocycles. The van der Waals surface area contributed by atoms with Crippen LogP contribution in [0.15, 0.2) is 53.3 Å². The molecule has 0 aliphatic carbocycles. The molecule has 0 saturated carbocycles. The van der Waals surface area contributed by atoms with Crippen LogP contribution in [0.3, 0.4) is 0 Å². The van der Waals surface area contributed by atoms with Gasteiger partial charge in [0.15, 0.2) is 5.75 Å². The summed E-state index contributed by atoms with van der Waals surface area (Å²) in [5.41, 5.74) is 0.146. The summed E-state index contributed by atoms with van der Waals surface area (Å²) < 4.78 is 0. The fourth-order valence-corrected chi connectivity index (χ4v) is 2.47. The Labute approximate surface area is 135 Å². The van der Waals surface area contributed by atoms with E-state index >= 15 is 0 Å². The molecule has 1 heterocycles. The molecule has 0 radical (unpaired) electrons. The van der Waals surface area contributed by atoms with Gasteiger partial charge in [0.25, 0.3) is 0 Å². The van der Waals surface area contributed by atoms with E-state index in [1.54, 1.807) is 18.2 Å². The first-order valence-corrected chi connectivity index (χ1v) is 7.01. The fraction of sp³-hybridized carbons (Fsp3) is 0. The molecule has 0 aliphatic heterocycles. The zero-order chi connectivity index (χ0) is 16.6. The molecule has 0 aliphatic rings. The number of fused-ring (bicyclic) bond motifs is 1. The third kappa shape index (κ3) is 2.74. The molecule has 0 amide bonds. The number of carbonyl (C=O) groups is 1. The van der Waals surface area contributed by atoms with Crippen LogP contribution in [0.25, 0.3) is 22.2 Å². The van der Waals surface area contributed by atoms with Crippen molar-refractivity contribution >= 4 is 28.5 Å². The molecule has 0 unspecified atom stereocenters. The van der Waals surface area contributed by atoms with Crippen LogP contribution < -0.4 is 5.43 Å². The van der Waals surface area contributed by atoms with Crippen LogP contribution in [0, 0.1) is 0 Å². The largest absolute Gasteiger partial charge is 0.504 e. The highest BCUT2D eigenvalue weighted by Crippen LogP contribution is 2.29. The average Bonchev–Trinajstić information content (AvgIpc) is 2.68. The van der Waals surface area contributed by atoms with Gasteiger partial charge >= 0.3 is 5.97 Å². The Morgan fingerprint density at radius 3 is 2.57 bits per heavy atom. The van der Waals surface area contributed by atoms with Crippen LogP contribution in [0.1, 0.15) is 10.4 Å². The number of carboxylic acid groups (broad SMARTS) is 1. The highest BCUT2D eigenvalue weighted by atomic mass is 35.5. The molecule has 1 aromatic heterocycles. The molecule has 3 aromatic rings. The van der Waals surface area contributed by atoms with Crippen molar-refractivity contribution in [3.8, 4) is 17.0 Å². The summed E-state index contributed by atoms with van der Waals surface area (Å²) >= 11 is 5.94. The van der Waals surface area contributed by atoms with E-state index in [2.05, 4.69) is 4.98 Å². The van der Waals surface area contributed by atoms with Crippen molar-refractivity contribution in [3.05, 3.63) is 69.3 Å². The summed E-state index contributed by atoms with van der Waals surface area (Å²) in [6.45, 7) is 0. The van der Waals surface area contributed by atoms with E-state index in [9.17, 15) is 19.8 Å². The van der Waals surface area contributed by atoms with Crippen molar-refractivity contribution in [1.29, 1.82) is 0 Å². The normalized spacial score (nSPS) is 10.7. The molecule has 114 valence electrons. The van der Waals surface area contributed by atoms with E-state index < -0.39 is 17.1 Å². The lowest BCUT2D eigenvalue weighted by molar-refractivity contribution is 0.0699. The minimum Gasteiger partial charge on any atom is -0.504 e. The standard InChI is InChI=1S/C17H10ClNO4/c18-9-5-6-10-12(17(22)23)8-14(19-13(10)7-9)11-3-1-2-4-15(20)16(11)21/h1-8H,(H,20,21)(H,22,23). The van der Waals surface area contributed by atoms with Gasteiger partial charge in [-0.2, -0.15) is 0 Å². The lowest BCUT2D eigenvalue weighted by Gasteiger charge is -2.07. The number of benzene rings is 1. The molecule has 3 rings (SSSR count). The van der Waals surface area contributed by atoms with E-state index in [0.717, 1.165) is 0 Å². The van der Waals surface area contributed by atoms with E-state index in [-0.39, 0.29) is 16.8 Å². The quantitative estimate of drug-likeness (QED) is 0.754. The average molecular weight is 328 g/mol. The summed E-state index contributed by atoms with van der Waals surface area (Å²) in [5, 5.41) is 20.3. The van der Waals surface area contributed by atoms with Gasteiger partial charge in [-0.05, 0) is 30.3 Å². The van der Waals surface area contributed by atoms with Gasteiger partial charge in [0.05, 0.1) is 16.8 Å². The maximum absolute atomic E-state index is 11.7. The molecule has 6 heteroatoms. The molecule has 0 bridgehead atoms. The number of aromatic nitrogens is 1. The van der Waals surface area contributed by atoms with Gasteiger partial charge in [-0.3, -0.25) is 4.79 Å². The number of aromatic hydroxyl groups is 1. The van der Waals surface area contributed by atoms with Gasteiger partial charge in [0.2, 0.25) is 5.43 Å². The second-order valence-corrected chi connectivity index (χ2v) is 5.30. The maximum Gasteiger partial charge on any atom is 0.336 e. The van der Waals surface area contributed by atoms with E-state index in [0.29, 0.717) is 15.9 Å². The summed E-state index contributed by atoms with van der Waals surface area (Å²) in [6.07, 6.45) is 0. The maximum atomic E-state index is 11.7. The predicted octanol–water partition coefficient (Wildman–Crippen LogP) is 3.32. The molecular formula is C17H10ClNO4. The van der Waals surface area contributed by atoms with Crippen molar-refractivity contribution in [2.24, 2.45) is 0 Å². The number of rotatable bonds is 2. The SMILES string of the molecule is O=C(O)c1cc(-c2ccccc(=O)c2O)nc2cc(Cl)ccc12. The minimum atomic E-state index is -1.14. The second-order valence-electron chi connectivity index (χ2n) is 4.87. The van der Waals surface area contributed by atoms with Crippen LogP contribution in [-0.2, 0) is 0 Å². The number of hydrogen-bond donors (Lipinski definition) is 2. The topological polar surface area (TPSA) is 87.5 Å². The zero-order valence-electron chi connectivity index (χ0n) is 11.7. The molecular weight excluding hydrogens is 318 g/mol. The van der Waals surface area contributed by atoms with Crippen LogP contribution in [0.5, 0.6) is 5.75 Å². The number of pyridine rings is 1. The number of carboxylic acids is 1. The van der Waals surface area contributed by atoms with Crippen molar-refractivity contribution < 1.29 is 15.0 Å². The summed E-state index contributed by atoms with van der Waals surface area (Å²) in [7, 11) is 0. The summed E-state index contributed by atoms with van der Waals surface area (Å²) in [6, 6.07) is 11.8. The lowest BCUT2D eigenvalue weighted by atomic mass is 10.0. The van der Waals surface area contributed by atoms with E-state index in [1.807, 2.05) is 0 Å². The van der Waals surface area contributed by atoms with Crippen molar-refractivity contribution in [1.82, 2.24) is 4.98 Å². The zero-order valence-corrected chi connectivity index (χ0v) is 12.4. The van der Waals surface area contributed by atoms with Crippen LogP contribution in [0.2, 0.25) is 5.02 Å². The van der Waals surface area contributed by atoms with Gasteiger partial charge in [-0.1, -0.05) is 29.8 Å². The van der Waals surface area contributed by atoms with E-state index in [4.69, 9.17) is 11.6 Å². The Morgan fingerprint density at radius 1 is 1.09 bits per heavy atom. The molecule has 23 heavy (non-hydrogen) atoms. The Hall–Kier alpha value is -2.92. The number of aromatic carboxylic acids is 1. The summed E-state index contributed by atoms with van der Waals surface area (Å²) in [5.74, 6) is -1.62. The van der Waals surface area contributed by atoms with Crippen molar-refractivity contribution in [3.63, 3.8) is 0 Å².